The Balaban J connectivity index is 2.07. The minimum absolute atomic E-state index is 0.783. The fraction of sp³-hybridized carbons (Fsp3) is 0.950. The molecule has 0 saturated carbocycles. The van der Waals surface area contributed by atoms with Crippen molar-refractivity contribution in [3.63, 3.8) is 0 Å². The molecule has 3 aliphatic rings. The highest BCUT2D eigenvalue weighted by atomic mass is 16.7. The fourth-order valence-electron chi connectivity index (χ4n) is 4.87. The van der Waals surface area contributed by atoms with Gasteiger partial charge in [-0.05, 0) is 6.92 Å². The number of nitrogens with one attached hydrogen (secondary N) is 1. The lowest BCUT2D eigenvalue weighted by Gasteiger charge is -2.57. The second kappa shape index (κ2) is 11.3. The first kappa shape index (κ1) is 29.5. The molecule has 2 unspecified atom stereocenters. The van der Waals surface area contributed by atoms with Crippen LogP contribution < -0.4 is 5.32 Å². The number of hydrogen-bond donors (Lipinski definition) is 11. The van der Waals surface area contributed by atoms with Crippen molar-refractivity contribution in [2.45, 2.75) is 105 Å². The van der Waals surface area contributed by atoms with E-state index in [1.165, 1.54) is 6.92 Å². The van der Waals surface area contributed by atoms with Crippen LogP contribution in [0.1, 0.15) is 13.8 Å². The molecule has 1 amide bonds. The largest absolute Gasteiger partial charge is 0.394 e. The molecule has 36 heavy (non-hydrogen) atoms. The maximum absolute atomic E-state index is 12.0. The third kappa shape index (κ3) is 5.12. The van der Waals surface area contributed by atoms with Gasteiger partial charge >= 0.3 is 0 Å². The highest BCUT2D eigenvalue weighted by Crippen LogP contribution is 2.41. The van der Waals surface area contributed by atoms with E-state index < -0.39 is 110 Å². The van der Waals surface area contributed by atoms with Gasteiger partial charge in [0.1, 0.15) is 72.7 Å². The van der Waals surface area contributed by atoms with E-state index in [2.05, 4.69) is 5.32 Å². The lowest BCUT2D eigenvalue weighted by atomic mass is 9.73. The normalized spacial score (nSPS) is 52.1. The van der Waals surface area contributed by atoms with E-state index in [0.717, 1.165) is 6.92 Å². The summed E-state index contributed by atoms with van der Waals surface area (Å²) in [4.78, 5) is 11.9. The fourth-order valence-corrected chi connectivity index (χ4v) is 4.87. The number of amides is 1. The molecule has 210 valence electrons. The zero-order valence-electron chi connectivity index (χ0n) is 19.5. The molecule has 0 aliphatic carbocycles. The Morgan fingerprint density at radius 2 is 1.42 bits per heavy atom. The van der Waals surface area contributed by atoms with E-state index in [1.807, 2.05) is 0 Å². The predicted molar refractivity (Wildman–Crippen MR) is 112 cm³/mol. The molecule has 0 aromatic carbocycles. The van der Waals surface area contributed by atoms with Crippen LogP contribution in [0, 0.1) is 0 Å². The molecular formula is C20H35NO15. The number of hydrogen-bond acceptors (Lipinski definition) is 15. The molecule has 16 nitrogen and oxygen atoms in total. The van der Waals surface area contributed by atoms with Gasteiger partial charge in [0.25, 0.3) is 0 Å². The van der Waals surface area contributed by atoms with Crippen LogP contribution in [0.25, 0.3) is 0 Å². The molecule has 0 aromatic rings. The SMILES string of the molecule is CC(=O)N[C@H]1C(O)O[C@H](CO)[C@@H](O[C@@H]2O[C@H](CO)[C@H](O)[C@H](O)[C@H]2O)[C@@]1(O)C1O[C@@H](C)[C@@H](O)[C@@H](O)[C@@H]1O. The zero-order valence-corrected chi connectivity index (χ0v) is 19.5. The number of carbonyl (C=O) groups excluding carboxylic acids is 1. The molecule has 0 aromatic heterocycles. The van der Waals surface area contributed by atoms with Crippen LogP contribution in [0.4, 0.5) is 0 Å². The van der Waals surface area contributed by atoms with E-state index in [-0.39, 0.29) is 0 Å². The summed E-state index contributed by atoms with van der Waals surface area (Å²) in [5.74, 6) is -0.783. The van der Waals surface area contributed by atoms with E-state index in [0.29, 0.717) is 0 Å². The molecule has 3 saturated heterocycles. The van der Waals surface area contributed by atoms with Crippen molar-refractivity contribution in [3.05, 3.63) is 0 Å². The van der Waals surface area contributed by atoms with Gasteiger partial charge in [-0.1, -0.05) is 0 Å². The third-order valence-corrected chi connectivity index (χ3v) is 6.87. The summed E-state index contributed by atoms with van der Waals surface area (Å²) in [5, 5.41) is 106. The summed E-state index contributed by atoms with van der Waals surface area (Å²) in [6.07, 6.45) is -23.0. The van der Waals surface area contributed by atoms with Crippen molar-refractivity contribution < 1.29 is 74.8 Å². The second-order valence-electron chi connectivity index (χ2n) is 9.30. The number of aliphatic hydroxyl groups is 10. The summed E-state index contributed by atoms with van der Waals surface area (Å²) in [5.41, 5.74) is -2.75. The first-order valence-electron chi connectivity index (χ1n) is 11.4. The average Bonchev–Trinajstić information content (AvgIpc) is 2.83. The molecule has 11 N–H and O–H groups in total. The smallest absolute Gasteiger partial charge is 0.217 e. The van der Waals surface area contributed by atoms with Gasteiger partial charge in [-0.2, -0.15) is 0 Å². The van der Waals surface area contributed by atoms with Crippen LogP contribution >= 0.6 is 0 Å². The number of rotatable bonds is 6. The van der Waals surface area contributed by atoms with Crippen LogP contribution in [0.2, 0.25) is 0 Å². The lowest BCUT2D eigenvalue weighted by Crippen LogP contribution is -2.80. The maximum Gasteiger partial charge on any atom is 0.217 e. The standard InChI is InChI=1S/C20H35NO15/c1-5-9(25)11(27)13(29)17(33-5)20(32)15(21-6(2)24)18(31)34-8(4-23)16(20)36-19-14(30)12(28)10(26)7(3-22)35-19/h5,7-19,22-23,25-32H,3-4H2,1-2H3,(H,21,24)/t5-,7+,8+,9+,10-,11+,12-,13-,14+,15-,16+,17?,18?,19-,20+/m0/s1. The molecule has 15 atom stereocenters. The topological polar surface area (TPSA) is 268 Å². The van der Waals surface area contributed by atoms with Crippen molar-refractivity contribution in [3.8, 4) is 0 Å². The summed E-state index contributed by atoms with van der Waals surface area (Å²) in [7, 11) is 0. The minimum atomic E-state index is -2.75. The van der Waals surface area contributed by atoms with Crippen LogP contribution in [0.5, 0.6) is 0 Å². The Labute approximate surface area is 205 Å². The summed E-state index contributed by atoms with van der Waals surface area (Å²) in [6, 6.07) is -1.83. The molecule has 3 aliphatic heterocycles. The van der Waals surface area contributed by atoms with Gasteiger partial charge in [0.15, 0.2) is 12.6 Å². The first-order chi connectivity index (χ1) is 16.8. The Morgan fingerprint density at radius 1 is 0.833 bits per heavy atom. The van der Waals surface area contributed by atoms with E-state index >= 15 is 0 Å². The van der Waals surface area contributed by atoms with Crippen molar-refractivity contribution in [1.82, 2.24) is 5.32 Å². The molecule has 0 spiro atoms. The number of carbonyl (C=O) groups is 1. The lowest BCUT2D eigenvalue weighted by molar-refractivity contribution is -0.384. The summed E-state index contributed by atoms with van der Waals surface area (Å²) in [6.45, 7) is 0.616. The monoisotopic (exact) mass is 529 g/mol. The van der Waals surface area contributed by atoms with Crippen LogP contribution in [-0.4, -0.2) is 162 Å². The molecule has 0 bridgehead atoms. The van der Waals surface area contributed by atoms with Crippen molar-refractivity contribution in [2.24, 2.45) is 0 Å². The highest BCUT2D eigenvalue weighted by Gasteiger charge is 2.66. The highest BCUT2D eigenvalue weighted by molar-refractivity contribution is 5.73. The average molecular weight is 529 g/mol. The molecule has 3 fully saturated rings. The molecule has 0 radical (unpaired) electrons. The van der Waals surface area contributed by atoms with Crippen LogP contribution in [0.3, 0.4) is 0 Å². The summed E-state index contributed by atoms with van der Waals surface area (Å²) >= 11 is 0. The Hall–Kier alpha value is -1.09. The van der Waals surface area contributed by atoms with Crippen molar-refractivity contribution in [2.75, 3.05) is 13.2 Å². The Bertz CT molecular complexity index is 759. The van der Waals surface area contributed by atoms with Gasteiger partial charge in [-0.25, -0.2) is 0 Å². The van der Waals surface area contributed by atoms with Gasteiger partial charge in [0.05, 0.1) is 19.3 Å². The number of ether oxygens (including phenoxy) is 4. The molecule has 3 rings (SSSR count). The quantitative estimate of drug-likeness (QED) is 0.153. The first-order valence-corrected chi connectivity index (χ1v) is 11.4. The van der Waals surface area contributed by atoms with Crippen LogP contribution in [0.15, 0.2) is 0 Å². The van der Waals surface area contributed by atoms with Crippen molar-refractivity contribution >= 4 is 5.91 Å². The Morgan fingerprint density at radius 3 is 1.97 bits per heavy atom. The van der Waals surface area contributed by atoms with E-state index in [9.17, 15) is 55.9 Å². The van der Waals surface area contributed by atoms with Crippen molar-refractivity contribution in [1.29, 1.82) is 0 Å². The maximum atomic E-state index is 12.0. The molecule has 3 heterocycles. The third-order valence-electron chi connectivity index (χ3n) is 6.87. The van der Waals surface area contributed by atoms with E-state index in [1.54, 1.807) is 0 Å². The van der Waals surface area contributed by atoms with E-state index in [4.69, 9.17) is 18.9 Å². The van der Waals surface area contributed by atoms with Gasteiger partial charge in [-0.15, -0.1) is 0 Å². The molecule has 16 heteroatoms. The predicted octanol–water partition coefficient (Wildman–Crippen LogP) is -7.01. The molecular weight excluding hydrogens is 494 g/mol. The van der Waals surface area contributed by atoms with Crippen LogP contribution in [-0.2, 0) is 23.7 Å². The van der Waals surface area contributed by atoms with Gasteiger partial charge in [0, 0.05) is 6.92 Å². The zero-order chi connectivity index (χ0) is 27.1. The second-order valence-corrected chi connectivity index (χ2v) is 9.30. The van der Waals surface area contributed by atoms with Gasteiger partial charge in [-0.3, -0.25) is 4.79 Å². The Kier molecular flexibility index (Phi) is 9.28. The van der Waals surface area contributed by atoms with Gasteiger partial charge < -0.3 is 75.3 Å². The summed E-state index contributed by atoms with van der Waals surface area (Å²) < 4.78 is 21.9. The number of aliphatic hydroxyl groups excluding tert-OH is 9. The van der Waals surface area contributed by atoms with Gasteiger partial charge in [0.2, 0.25) is 5.91 Å². The minimum Gasteiger partial charge on any atom is -0.394 e.